The summed E-state index contributed by atoms with van der Waals surface area (Å²) in [6, 6.07) is 17.2. The number of hydrogen-bond donors (Lipinski definition) is 1. The minimum atomic E-state index is -0.403. The molecular formula is C25H30N2O. The first-order chi connectivity index (χ1) is 13.4. The largest absolute Gasteiger partial charge is 0.390 e. The van der Waals surface area contributed by atoms with Crippen LogP contribution in [-0.4, -0.2) is 31.0 Å². The summed E-state index contributed by atoms with van der Waals surface area (Å²) in [5.41, 5.74) is 4.50. The van der Waals surface area contributed by atoms with Gasteiger partial charge in [-0.25, -0.2) is 0 Å². The topological polar surface area (TPSA) is 35.8 Å². The normalized spacial score (nSPS) is 33.5. The number of aliphatic imine (C=N–C) groups is 1. The first-order valence-corrected chi connectivity index (χ1v) is 10.6. The van der Waals surface area contributed by atoms with E-state index in [1.54, 1.807) is 0 Å². The maximum absolute atomic E-state index is 11.0. The van der Waals surface area contributed by atoms with Crippen LogP contribution in [0, 0.1) is 11.8 Å². The summed E-state index contributed by atoms with van der Waals surface area (Å²) in [6.45, 7) is 0. The quantitative estimate of drug-likeness (QED) is 0.757. The summed E-state index contributed by atoms with van der Waals surface area (Å²) >= 11 is 0. The molecule has 4 aliphatic rings. The fraction of sp³-hybridized carbons (Fsp3) is 0.480. The third kappa shape index (κ3) is 3.16. The summed E-state index contributed by atoms with van der Waals surface area (Å²) < 4.78 is 0. The molecule has 0 amide bonds. The van der Waals surface area contributed by atoms with Gasteiger partial charge in [-0.05, 0) is 91.2 Å². The molecule has 4 aliphatic carbocycles. The smallest absolute Gasteiger partial charge is 0.0661 e. The van der Waals surface area contributed by atoms with Gasteiger partial charge in [0.25, 0.3) is 0 Å². The van der Waals surface area contributed by atoms with Crippen LogP contribution in [0.15, 0.2) is 53.5 Å². The van der Waals surface area contributed by atoms with Gasteiger partial charge in [-0.1, -0.05) is 24.3 Å². The van der Waals surface area contributed by atoms with E-state index in [1.807, 2.05) is 20.3 Å². The van der Waals surface area contributed by atoms with Crippen LogP contribution in [0.1, 0.15) is 49.7 Å². The number of hydrogen-bond acceptors (Lipinski definition) is 3. The van der Waals surface area contributed by atoms with E-state index < -0.39 is 5.60 Å². The third-order valence-electron chi connectivity index (χ3n) is 7.28. The molecule has 6 rings (SSSR count). The lowest BCUT2D eigenvalue weighted by molar-refractivity contribution is -0.136. The van der Waals surface area contributed by atoms with Gasteiger partial charge in [0.1, 0.15) is 0 Å². The Labute approximate surface area is 168 Å². The second-order valence-electron chi connectivity index (χ2n) is 9.76. The molecule has 2 aromatic carbocycles. The van der Waals surface area contributed by atoms with Crippen LogP contribution >= 0.6 is 0 Å². The highest BCUT2D eigenvalue weighted by molar-refractivity contribution is 5.82. The molecule has 0 spiro atoms. The average molecular weight is 375 g/mol. The standard InChI is InChI=1S/C25H30N2O/c1-27(2)23-9-3-18(4-10-23)16-26-22-7-5-21(6-8-22)24-12-19-11-20(13-24)15-25(28,14-19)17-24/h3-10,16,19-20,28H,11-15,17H2,1-2H3/t19-,20-,24?,25?/m1/s1. The number of nitrogens with zero attached hydrogens (tertiary/aromatic N) is 2. The SMILES string of the molecule is CN(C)c1ccc(C=Nc2ccc(C34C[C@H]5C[C@@H](CC(O)(C5)C3)C4)cc2)cc1. The zero-order valence-corrected chi connectivity index (χ0v) is 16.9. The Bertz CT molecular complexity index is 868. The van der Waals surface area contributed by atoms with Gasteiger partial charge in [-0.3, -0.25) is 4.99 Å². The highest BCUT2D eigenvalue weighted by atomic mass is 16.3. The van der Waals surface area contributed by atoms with Gasteiger partial charge < -0.3 is 10.0 Å². The van der Waals surface area contributed by atoms with E-state index in [1.165, 1.54) is 30.5 Å². The molecule has 0 aromatic heterocycles. The Hall–Kier alpha value is -2.13. The fourth-order valence-corrected chi connectivity index (χ4v) is 6.46. The van der Waals surface area contributed by atoms with E-state index in [0.29, 0.717) is 11.8 Å². The Morgan fingerprint density at radius 2 is 1.57 bits per heavy atom. The molecule has 0 unspecified atom stereocenters. The second-order valence-corrected chi connectivity index (χ2v) is 9.76. The number of benzene rings is 2. The predicted octanol–water partition coefficient (Wildman–Crippen LogP) is 5.09. The molecular weight excluding hydrogens is 344 g/mol. The lowest BCUT2D eigenvalue weighted by Gasteiger charge is -2.60. The van der Waals surface area contributed by atoms with Gasteiger partial charge in [0.2, 0.25) is 0 Å². The molecule has 3 heteroatoms. The molecule has 4 bridgehead atoms. The minimum absolute atomic E-state index is 0.198. The summed E-state index contributed by atoms with van der Waals surface area (Å²) in [5.74, 6) is 1.43. The Kier molecular flexibility index (Phi) is 4.13. The lowest BCUT2D eigenvalue weighted by atomic mass is 9.46. The van der Waals surface area contributed by atoms with Crippen LogP contribution in [-0.2, 0) is 5.41 Å². The second kappa shape index (κ2) is 6.45. The van der Waals surface area contributed by atoms with Crippen molar-refractivity contribution in [1.29, 1.82) is 0 Å². The van der Waals surface area contributed by atoms with E-state index in [2.05, 4.69) is 58.4 Å². The molecule has 28 heavy (non-hydrogen) atoms. The van der Waals surface area contributed by atoms with Crippen molar-refractivity contribution in [3.8, 4) is 0 Å². The number of anilines is 1. The zero-order chi connectivity index (χ0) is 19.4. The molecule has 0 heterocycles. The summed E-state index contributed by atoms with van der Waals surface area (Å²) in [5, 5.41) is 11.0. The van der Waals surface area contributed by atoms with Crippen molar-refractivity contribution < 1.29 is 5.11 Å². The van der Waals surface area contributed by atoms with Crippen molar-refractivity contribution in [2.75, 3.05) is 19.0 Å². The highest BCUT2D eigenvalue weighted by Crippen LogP contribution is 2.62. The lowest BCUT2D eigenvalue weighted by Crippen LogP contribution is -2.57. The minimum Gasteiger partial charge on any atom is -0.390 e. The molecule has 4 saturated carbocycles. The predicted molar refractivity (Wildman–Crippen MR) is 116 cm³/mol. The van der Waals surface area contributed by atoms with Crippen molar-refractivity contribution in [1.82, 2.24) is 0 Å². The monoisotopic (exact) mass is 374 g/mol. The van der Waals surface area contributed by atoms with Gasteiger partial charge >= 0.3 is 0 Å². The van der Waals surface area contributed by atoms with E-state index in [0.717, 1.165) is 30.5 Å². The van der Waals surface area contributed by atoms with Gasteiger partial charge in [-0.15, -0.1) is 0 Å². The maximum Gasteiger partial charge on any atom is 0.0661 e. The molecule has 146 valence electrons. The molecule has 2 aromatic rings. The first kappa shape index (κ1) is 17.9. The van der Waals surface area contributed by atoms with Crippen LogP contribution in [0.2, 0.25) is 0 Å². The Morgan fingerprint density at radius 1 is 0.929 bits per heavy atom. The highest BCUT2D eigenvalue weighted by Gasteiger charge is 2.57. The molecule has 3 nitrogen and oxygen atoms in total. The summed E-state index contributed by atoms with van der Waals surface area (Å²) in [7, 11) is 4.10. The van der Waals surface area contributed by atoms with E-state index in [9.17, 15) is 5.11 Å². The first-order valence-electron chi connectivity index (χ1n) is 10.6. The molecule has 0 aliphatic heterocycles. The van der Waals surface area contributed by atoms with E-state index >= 15 is 0 Å². The molecule has 1 N–H and O–H groups in total. The van der Waals surface area contributed by atoms with E-state index in [-0.39, 0.29) is 5.41 Å². The molecule has 2 atom stereocenters. The summed E-state index contributed by atoms with van der Waals surface area (Å²) in [4.78, 5) is 6.76. The van der Waals surface area contributed by atoms with Gasteiger partial charge in [0.05, 0.1) is 11.3 Å². The molecule has 4 fully saturated rings. The third-order valence-corrected chi connectivity index (χ3v) is 7.28. The Morgan fingerprint density at radius 3 is 2.14 bits per heavy atom. The van der Waals surface area contributed by atoms with Crippen molar-refractivity contribution in [2.45, 2.75) is 49.5 Å². The van der Waals surface area contributed by atoms with Crippen molar-refractivity contribution >= 4 is 17.6 Å². The van der Waals surface area contributed by atoms with Crippen molar-refractivity contribution in [3.05, 3.63) is 59.7 Å². The average Bonchev–Trinajstić information content (AvgIpc) is 2.65. The number of rotatable bonds is 4. The van der Waals surface area contributed by atoms with Gasteiger partial charge in [-0.2, -0.15) is 0 Å². The van der Waals surface area contributed by atoms with E-state index in [4.69, 9.17) is 0 Å². The fourth-order valence-electron chi connectivity index (χ4n) is 6.46. The Balaban J connectivity index is 1.33. The summed E-state index contributed by atoms with van der Waals surface area (Å²) in [6.07, 6.45) is 8.79. The number of aliphatic hydroxyl groups is 1. The molecule has 0 saturated heterocycles. The zero-order valence-electron chi connectivity index (χ0n) is 16.9. The van der Waals surface area contributed by atoms with Crippen molar-refractivity contribution in [3.63, 3.8) is 0 Å². The van der Waals surface area contributed by atoms with Crippen LogP contribution in [0.4, 0.5) is 11.4 Å². The van der Waals surface area contributed by atoms with Crippen LogP contribution in [0.3, 0.4) is 0 Å². The maximum atomic E-state index is 11.0. The van der Waals surface area contributed by atoms with Gasteiger partial charge in [0, 0.05) is 26.0 Å². The van der Waals surface area contributed by atoms with Crippen LogP contribution in [0.25, 0.3) is 0 Å². The van der Waals surface area contributed by atoms with Crippen LogP contribution < -0.4 is 4.90 Å². The van der Waals surface area contributed by atoms with Crippen molar-refractivity contribution in [2.24, 2.45) is 16.8 Å². The van der Waals surface area contributed by atoms with Crippen LogP contribution in [0.5, 0.6) is 0 Å². The molecule has 0 radical (unpaired) electrons. The van der Waals surface area contributed by atoms with Gasteiger partial charge in [0.15, 0.2) is 0 Å².